The number of amides is 1. The Balaban J connectivity index is 1.84. The van der Waals surface area contributed by atoms with Crippen molar-refractivity contribution in [1.82, 2.24) is 14.9 Å². The molecular formula is C24H28N4O. The van der Waals surface area contributed by atoms with Crippen molar-refractivity contribution in [3.63, 3.8) is 0 Å². The fraction of sp³-hybridized carbons (Fsp3) is 0.292. The van der Waals surface area contributed by atoms with Crippen LogP contribution in [-0.2, 0) is 13.1 Å². The van der Waals surface area contributed by atoms with E-state index in [2.05, 4.69) is 40.8 Å². The molecular weight excluding hydrogens is 360 g/mol. The van der Waals surface area contributed by atoms with E-state index in [0.29, 0.717) is 24.7 Å². The van der Waals surface area contributed by atoms with E-state index in [9.17, 15) is 4.79 Å². The van der Waals surface area contributed by atoms with Crippen molar-refractivity contribution < 1.29 is 4.79 Å². The predicted molar refractivity (Wildman–Crippen MR) is 117 cm³/mol. The van der Waals surface area contributed by atoms with Crippen LogP contribution in [-0.4, -0.2) is 33.9 Å². The second-order valence-corrected chi connectivity index (χ2v) is 7.55. The molecule has 0 spiro atoms. The molecule has 0 N–H and O–H groups in total. The van der Waals surface area contributed by atoms with Crippen LogP contribution in [0.5, 0.6) is 0 Å². The number of hydrogen-bond donors (Lipinski definition) is 0. The zero-order valence-corrected chi connectivity index (χ0v) is 17.5. The van der Waals surface area contributed by atoms with Gasteiger partial charge in [0.15, 0.2) is 0 Å². The summed E-state index contributed by atoms with van der Waals surface area (Å²) >= 11 is 0. The third kappa shape index (κ3) is 5.41. The second-order valence-electron chi connectivity index (χ2n) is 7.55. The predicted octanol–water partition coefficient (Wildman–Crippen LogP) is 4.47. The first kappa shape index (κ1) is 20.5. The first-order valence-corrected chi connectivity index (χ1v) is 9.89. The summed E-state index contributed by atoms with van der Waals surface area (Å²) in [6.45, 7) is 7.35. The van der Waals surface area contributed by atoms with Gasteiger partial charge in [-0.25, -0.2) is 9.97 Å². The molecule has 0 saturated carbocycles. The number of anilines is 1. The van der Waals surface area contributed by atoms with Crippen molar-refractivity contribution >= 4 is 11.9 Å². The molecule has 29 heavy (non-hydrogen) atoms. The normalized spacial score (nSPS) is 10.8. The van der Waals surface area contributed by atoms with E-state index < -0.39 is 0 Å². The molecule has 0 aliphatic rings. The Kier molecular flexibility index (Phi) is 6.60. The standard InChI is InChI=1S/C24H28N4O/c1-18(2)28(17-21-13-9-6-10-14-21)24-25-19(3)15-22(26-24)23(29)27(4)16-20-11-7-5-8-12-20/h5-15,18H,16-17H2,1-4H3. The average Bonchev–Trinajstić information content (AvgIpc) is 2.72. The van der Waals surface area contributed by atoms with Gasteiger partial charge in [0.25, 0.3) is 5.91 Å². The summed E-state index contributed by atoms with van der Waals surface area (Å²) in [4.78, 5) is 26.1. The highest BCUT2D eigenvalue weighted by atomic mass is 16.2. The number of hydrogen-bond acceptors (Lipinski definition) is 4. The maximum atomic E-state index is 13.0. The van der Waals surface area contributed by atoms with E-state index >= 15 is 0 Å². The molecule has 2 aromatic carbocycles. The number of aryl methyl sites for hydroxylation is 1. The number of carbonyl (C=O) groups is 1. The van der Waals surface area contributed by atoms with Crippen molar-refractivity contribution in [3.05, 3.63) is 89.2 Å². The monoisotopic (exact) mass is 388 g/mol. The lowest BCUT2D eigenvalue weighted by molar-refractivity contribution is 0.0779. The van der Waals surface area contributed by atoms with Gasteiger partial charge >= 0.3 is 0 Å². The Hall–Kier alpha value is -3.21. The minimum Gasteiger partial charge on any atom is -0.336 e. The van der Waals surface area contributed by atoms with E-state index in [0.717, 1.165) is 11.3 Å². The molecule has 5 heteroatoms. The van der Waals surface area contributed by atoms with Crippen LogP contribution >= 0.6 is 0 Å². The van der Waals surface area contributed by atoms with Crippen molar-refractivity contribution in [2.75, 3.05) is 11.9 Å². The Morgan fingerprint density at radius 1 is 0.897 bits per heavy atom. The van der Waals surface area contributed by atoms with Gasteiger partial charge in [-0.3, -0.25) is 4.79 Å². The minimum atomic E-state index is -0.107. The molecule has 3 aromatic rings. The second kappa shape index (κ2) is 9.32. The van der Waals surface area contributed by atoms with Gasteiger partial charge in [-0.05, 0) is 38.0 Å². The Morgan fingerprint density at radius 2 is 1.45 bits per heavy atom. The quantitative estimate of drug-likeness (QED) is 0.599. The van der Waals surface area contributed by atoms with Gasteiger partial charge < -0.3 is 9.80 Å². The molecule has 5 nitrogen and oxygen atoms in total. The van der Waals surface area contributed by atoms with Crippen LogP contribution in [0.15, 0.2) is 66.7 Å². The molecule has 0 aliphatic carbocycles. The molecule has 0 unspecified atom stereocenters. The highest BCUT2D eigenvalue weighted by Gasteiger charge is 2.20. The summed E-state index contributed by atoms with van der Waals surface area (Å²) < 4.78 is 0. The number of rotatable bonds is 7. The third-order valence-electron chi connectivity index (χ3n) is 4.75. The Morgan fingerprint density at radius 3 is 2.00 bits per heavy atom. The molecule has 3 rings (SSSR count). The van der Waals surface area contributed by atoms with Gasteiger partial charge in [-0.1, -0.05) is 60.7 Å². The summed E-state index contributed by atoms with van der Waals surface area (Å²) in [5.74, 6) is 0.476. The van der Waals surface area contributed by atoms with Gasteiger partial charge in [0.2, 0.25) is 5.95 Å². The van der Waals surface area contributed by atoms with Crippen molar-refractivity contribution in [1.29, 1.82) is 0 Å². The van der Waals surface area contributed by atoms with Gasteiger partial charge in [0, 0.05) is 31.9 Å². The number of aromatic nitrogens is 2. The highest BCUT2D eigenvalue weighted by molar-refractivity contribution is 5.92. The lowest BCUT2D eigenvalue weighted by Gasteiger charge is -2.27. The number of nitrogens with zero attached hydrogens (tertiary/aromatic N) is 4. The van der Waals surface area contributed by atoms with Crippen molar-refractivity contribution in [2.45, 2.75) is 39.9 Å². The van der Waals surface area contributed by atoms with Gasteiger partial charge in [0.1, 0.15) is 5.69 Å². The van der Waals surface area contributed by atoms with Crippen LogP contribution in [0, 0.1) is 6.92 Å². The van der Waals surface area contributed by atoms with Crippen LogP contribution in [0.4, 0.5) is 5.95 Å². The Labute approximate surface area is 173 Å². The summed E-state index contributed by atoms with van der Waals surface area (Å²) in [5, 5.41) is 0. The minimum absolute atomic E-state index is 0.107. The van der Waals surface area contributed by atoms with Crippen LogP contribution < -0.4 is 4.90 Å². The zero-order valence-electron chi connectivity index (χ0n) is 17.5. The molecule has 150 valence electrons. The molecule has 0 bridgehead atoms. The average molecular weight is 389 g/mol. The maximum absolute atomic E-state index is 13.0. The summed E-state index contributed by atoms with van der Waals surface area (Å²) in [5.41, 5.74) is 3.47. The Bertz CT molecular complexity index is 942. The fourth-order valence-electron chi connectivity index (χ4n) is 3.18. The van der Waals surface area contributed by atoms with Crippen LogP contribution in [0.3, 0.4) is 0 Å². The lowest BCUT2D eigenvalue weighted by Crippen LogP contribution is -2.33. The SMILES string of the molecule is Cc1cc(C(=O)N(C)Cc2ccccc2)nc(N(Cc2ccccc2)C(C)C)n1. The van der Waals surface area contributed by atoms with E-state index in [1.165, 1.54) is 5.56 Å². The van der Waals surface area contributed by atoms with Crippen LogP contribution in [0.25, 0.3) is 0 Å². The molecule has 0 aliphatic heterocycles. The number of benzene rings is 2. The molecule has 0 radical (unpaired) electrons. The smallest absolute Gasteiger partial charge is 0.272 e. The van der Waals surface area contributed by atoms with E-state index in [1.807, 2.05) is 55.5 Å². The maximum Gasteiger partial charge on any atom is 0.272 e. The fourth-order valence-corrected chi connectivity index (χ4v) is 3.18. The molecule has 0 fully saturated rings. The molecule has 0 saturated heterocycles. The zero-order chi connectivity index (χ0) is 20.8. The topological polar surface area (TPSA) is 49.3 Å². The first-order chi connectivity index (χ1) is 13.9. The van der Waals surface area contributed by atoms with Crippen LogP contribution in [0.1, 0.15) is 41.2 Å². The highest BCUT2D eigenvalue weighted by Crippen LogP contribution is 2.18. The van der Waals surface area contributed by atoms with Crippen molar-refractivity contribution in [3.8, 4) is 0 Å². The molecule has 1 aromatic heterocycles. The largest absolute Gasteiger partial charge is 0.336 e. The molecule has 1 amide bonds. The van der Waals surface area contributed by atoms with E-state index in [-0.39, 0.29) is 11.9 Å². The first-order valence-electron chi connectivity index (χ1n) is 9.89. The molecule has 1 heterocycles. The third-order valence-corrected chi connectivity index (χ3v) is 4.75. The summed E-state index contributed by atoms with van der Waals surface area (Å²) in [6.07, 6.45) is 0. The van der Waals surface area contributed by atoms with Gasteiger partial charge in [-0.2, -0.15) is 0 Å². The van der Waals surface area contributed by atoms with Crippen molar-refractivity contribution in [2.24, 2.45) is 0 Å². The number of carbonyl (C=O) groups excluding carboxylic acids is 1. The van der Waals surface area contributed by atoms with E-state index in [1.54, 1.807) is 18.0 Å². The lowest BCUT2D eigenvalue weighted by atomic mass is 10.2. The van der Waals surface area contributed by atoms with E-state index in [4.69, 9.17) is 0 Å². The molecule has 0 atom stereocenters. The van der Waals surface area contributed by atoms with Gasteiger partial charge in [-0.15, -0.1) is 0 Å². The summed E-state index contributed by atoms with van der Waals surface area (Å²) in [7, 11) is 1.80. The summed E-state index contributed by atoms with van der Waals surface area (Å²) in [6, 6.07) is 22.1. The van der Waals surface area contributed by atoms with Gasteiger partial charge in [0.05, 0.1) is 0 Å². The van der Waals surface area contributed by atoms with Crippen LogP contribution in [0.2, 0.25) is 0 Å².